The van der Waals surface area contributed by atoms with Crippen molar-refractivity contribution in [2.24, 2.45) is 0 Å². The molecule has 0 radical (unpaired) electrons. The number of nitrogens with zero attached hydrogens (tertiary/aromatic N) is 4. The molecule has 11 nitrogen and oxygen atoms in total. The summed E-state index contributed by atoms with van der Waals surface area (Å²) in [4.78, 5) is 23.8. The fourth-order valence-corrected chi connectivity index (χ4v) is 2.75. The van der Waals surface area contributed by atoms with E-state index in [1.54, 1.807) is 24.3 Å². The van der Waals surface area contributed by atoms with Gasteiger partial charge in [0, 0.05) is 24.7 Å². The summed E-state index contributed by atoms with van der Waals surface area (Å²) >= 11 is 0. The van der Waals surface area contributed by atoms with Gasteiger partial charge in [-0.15, -0.1) is 0 Å². The largest absolute Gasteiger partial charge is 0.417 e. The predicted molar refractivity (Wildman–Crippen MR) is 84.4 cm³/mol. The van der Waals surface area contributed by atoms with Crippen LogP contribution in [0.15, 0.2) is 35.0 Å². The standard InChI is InChI=1S/C14H14N5O6/c1-16(2)9-5-3-8(4-6-9)12-10(17(20)21)7-11(18(22)23)13-14(12)19(24)25-15-13/h3-7,12,15H,1-2H3,(H,20,21)/q+1. The summed E-state index contributed by atoms with van der Waals surface area (Å²) in [5.41, 5.74) is 0.0917. The lowest BCUT2D eigenvalue weighted by atomic mass is 9.85. The third-order valence-corrected chi connectivity index (χ3v) is 3.95. The normalized spacial score (nSPS) is 18.3. The Morgan fingerprint density at radius 2 is 1.92 bits per heavy atom. The van der Waals surface area contributed by atoms with E-state index in [0.717, 1.165) is 11.8 Å². The maximum atomic E-state index is 12.0. The van der Waals surface area contributed by atoms with Crippen LogP contribution in [0, 0.1) is 20.2 Å². The quantitative estimate of drug-likeness (QED) is 0.359. The molecular weight excluding hydrogens is 334 g/mol. The van der Waals surface area contributed by atoms with Crippen LogP contribution in [-0.4, -0.2) is 40.0 Å². The second-order valence-electron chi connectivity index (χ2n) is 5.61. The number of anilines is 1. The summed E-state index contributed by atoms with van der Waals surface area (Å²) < 4.78 is 4.66. The Hall–Kier alpha value is -3.63. The molecule has 1 heterocycles. The molecule has 1 aromatic heterocycles. The first-order valence-corrected chi connectivity index (χ1v) is 7.12. The zero-order chi connectivity index (χ0) is 18.3. The second kappa shape index (κ2) is 5.78. The number of nitro groups is 1. The summed E-state index contributed by atoms with van der Waals surface area (Å²) in [5.74, 6) is -1.04. The Morgan fingerprint density at radius 3 is 2.44 bits per heavy atom. The first-order chi connectivity index (χ1) is 11.8. The molecule has 0 bridgehead atoms. The molecule has 1 atom stereocenters. The van der Waals surface area contributed by atoms with Gasteiger partial charge in [0.25, 0.3) is 17.1 Å². The SMILES string of the molecule is CN(C)c1ccc(C2C(=[N+]([O-])O)C=C([N+](=O)[O-])c3[nH]o[n+](=O)c32)cc1. The van der Waals surface area contributed by atoms with E-state index in [2.05, 4.69) is 9.79 Å². The number of aromatic nitrogens is 2. The second-order valence-corrected chi connectivity index (χ2v) is 5.61. The van der Waals surface area contributed by atoms with Crippen molar-refractivity contribution in [3.05, 3.63) is 67.5 Å². The lowest BCUT2D eigenvalue weighted by Gasteiger charge is -2.16. The summed E-state index contributed by atoms with van der Waals surface area (Å²) in [7, 11) is 3.70. The molecule has 1 aromatic carbocycles. The van der Waals surface area contributed by atoms with E-state index in [1.165, 1.54) is 0 Å². The van der Waals surface area contributed by atoms with Crippen molar-refractivity contribution >= 4 is 17.1 Å². The summed E-state index contributed by atoms with van der Waals surface area (Å²) in [6.45, 7) is 0. The smallest absolute Gasteiger partial charge is 0.330 e. The number of allylic oxidation sites excluding steroid dienone is 1. The fraction of sp³-hybridized carbons (Fsp3) is 0.214. The zero-order valence-electron chi connectivity index (χ0n) is 13.2. The minimum absolute atomic E-state index is 0.0554. The number of H-pyrrole nitrogens is 1. The molecule has 0 amide bonds. The van der Waals surface area contributed by atoms with Gasteiger partial charge in [0.2, 0.25) is 0 Å². The zero-order valence-corrected chi connectivity index (χ0v) is 13.2. The third-order valence-electron chi connectivity index (χ3n) is 3.95. The van der Waals surface area contributed by atoms with E-state index in [-0.39, 0.29) is 21.7 Å². The number of benzene rings is 1. The lowest BCUT2D eigenvalue weighted by Crippen LogP contribution is -2.32. The van der Waals surface area contributed by atoms with Crippen LogP contribution < -0.4 is 9.50 Å². The number of aromatic amines is 1. The minimum atomic E-state index is -1.04. The fourth-order valence-electron chi connectivity index (χ4n) is 2.75. The maximum Gasteiger partial charge on any atom is 0.330 e. The number of hydrogen-bond acceptors (Lipinski definition) is 7. The highest BCUT2D eigenvalue weighted by molar-refractivity contribution is 6.05. The van der Waals surface area contributed by atoms with Gasteiger partial charge in [-0.25, -0.2) is 0 Å². The van der Waals surface area contributed by atoms with Crippen molar-refractivity contribution in [1.29, 1.82) is 0 Å². The Balaban J connectivity index is 2.24. The van der Waals surface area contributed by atoms with Gasteiger partial charge in [-0.3, -0.25) is 15.3 Å². The molecule has 25 heavy (non-hydrogen) atoms. The van der Waals surface area contributed by atoms with Crippen molar-refractivity contribution in [2.75, 3.05) is 19.0 Å². The van der Waals surface area contributed by atoms with E-state index in [4.69, 9.17) is 0 Å². The van der Waals surface area contributed by atoms with Crippen LogP contribution in [0.5, 0.6) is 0 Å². The maximum absolute atomic E-state index is 12.0. The molecule has 0 aliphatic heterocycles. The molecule has 3 rings (SSSR count). The molecule has 0 saturated carbocycles. The van der Waals surface area contributed by atoms with Gasteiger partial charge < -0.3 is 10.1 Å². The highest BCUT2D eigenvalue weighted by Crippen LogP contribution is 2.34. The van der Waals surface area contributed by atoms with Crippen LogP contribution in [0.4, 0.5) is 5.69 Å². The molecule has 2 N–H and O–H groups in total. The number of rotatable bonds is 3. The van der Waals surface area contributed by atoms with Gasteiger partial charge in [-0.05, 0) is 22.6 Å². The first kappa shape index (κ1) is 16.2. The molecule has 2 aromatic rings. The van der Waals surface area contributed by atoms with Crippen molar-refractivity contribution < 1.29 is 24.3 Å². The van der Waals surface area contributed by atoms with Gasteiger partial charge in [-0.1, -0.05) is 21.9 Å². The first-order valence-electron chi connectivity index (χ1n) is 7.12. The highest BCUT2D eigenvalue weighted by atomic mass is 16.8. The van der Waals surface area contributed by atoms with Crippen molar-refractivity contribution in [3.8, 4) is 0 Å². The van der Waals surface area contributed by atoms with Gasteiger partial charge in [0.05, 0.1) is 11.0 Å². The molecule has 1 aliphatic carbocycles. The Labute approximate surface area is 139 Å². The summed E-state index contributed by atoms with van der Waals surface area (Å²) in [6, 6.07) is 6.83. The Morgan fingerprint density at radius 1 is 1.28 bits per heavy atom. The summed E-state index contributed by atoms with van der Waals surface area (Å²) in [5, 5.41) is 34.4. The van der Waals surface area contributed by atoms with Gasteiger partial charge in [0.15, 0.2) is 4.60 Å². The van der Waals surface area contributed by atoms with Crippen LogP contribution in [0.25, 0.3) is 5.70 Å². The Kier molecular flexibility index (Phi) is 3.75. The monoisotopic (exact) mass is 348 g/mol. The number of nitrogens with one attached hydrogen (secondary N) is 1. The van der Waals surface area contributed by atoms with Crippen LogP contribution in [0.3, 0.4) is 0 Å². The molecule has 1 aliphatic rings. The predicted octanol–water partition coefficient (Wildman–Crippen LogP) is 0.692. The van der Waals surface area contributed by atoms with Crippen molar-refractivity contribution in [3.63, 3.8) is 0 Å². The minimum Gasteiger partial charge on any atom is -0.417 e. The lowest BCUT2D eigenvalue weighted by molar-refractivity contribution is -0.730. The van der Waals surface area contributed by atoms with Crippen LogP contribution in [-0.2, 0) is 0 Å². The number of hydrogen-bond donors (Lipinski definition) is 2. The van der Waals surface area contributed by atoms with E-state index >= 15 is 0 Å². The molecule has 0 fully saturated rings. The van der Waals surface area contributed by atoms with E-state index in [1.807, 2.05) is 19.0 Å². The molecule has 1 unspecified atom stereocenters. The van der Waals surface area contributed by atoms with Crippen LogP contribution in [0.1, 0.15) is 22.9 Å². The van der Waals surface area contributed by atoms with Crippen LogP contribution >= 0.6 is 0 Å². The van der Waals surface area contributed by atoms with Gasteiger partial charge in [0.1, 0.15) is 5.92 Å². The molecule has 130 valence electrons. The third kappa shape index (κ3) is 2.60. The van der Waals surface area contributed by atoms with Crippen LogP contribution in [0.2, 0.25) is 0 Å². The molecular formula is C14H14N5O6+. The molecule has 0 spiro atoms. The average molecular weight is 348 g/mol. The number of fused-ring (bicyclic) bond motifs is 1. The molecule has 0 saturated heterocycles. The molecule has 11 heteroatoms. The Bertz CT molecular complexity index is 949. The highest BCUT2D eigenvalue weighted by Gasteiger charge is 2.48. The summed E-state index contributed by atoms with van der Waals surface area (Å²) in [6.07, 6.45) is 0.909. The average Bonchev–Trinajstić information content (AvgIpc) is 2.95. The van der Waals surface area contributed by atoms with E-state index in [0.29, 0.717) is 5.56 Å². The van der Waals surface area contributed by atoms with E-state index in [9.17, 15) is 25.4 Å². The van der Waals surface area contributed by atoms with Crippen molar-refractivity contribution in [1.82, 2.24) is 5.16 Å². The van der Waals surface area contributed by atoms with Gasteiger partial charge in [-0.2, -0.15) is 0 Å². The van der Waals surface area contributed by atoms with E-state index < -0.39 is 21.4 Å². The topological polar surface area (TPSA) is 145 Å². The van der Waals surface area contributed by atoms with Crippen molar-refractivity contribution in [2.45, 2.75) is 5.92 Å². The van der Waals surface area contributed by atoms with Gasteiger partial charge >= 0.3 is 5.70 Å².